The molecule has 5 rings (SSSR count). The van der Waals surface area contributed by atoms with Gasteiger partial charge in [-0.15, -0.1) is 0 Å². The van der Waals surface area contributed by atoms with Gasteiger partial charge in [0.1, 0.15) is 0 Å². The van der Waals surface area contributed by atoms with Crippen molar-refractivity contribution in [2.24, 2.45) is 5.10 Å². The molecule has 8 nitrogen and oxygen atoms in total. The van der Waals surface area contributed by atoms with Gasteiger partial charge >= 0.3 is 0 Å². The van der Waals surface area contributed by atoms with Gasteiger partial charge in [0, 0.05) is 39.9 Å². The smallest absolute Gasteiger partial charge is 0.258 e. The first kappa shape index (κ1) is 26.3. The Hall–Kier alpha value is -4.30. The molecule has 0 spiro atoms. The van der Waals surface area contributed by atoms with Crippen molar-refractivity contribution >= 4 is 34.1 Å². The minimum absolute atomic E-state index is 0.187. The van der Waals surface area contributed by atoms with Crippen LogP contribution in [0.15, 0.2) is 70.6 Å². The second kappa shape index (κ2) is 10.8. The minimum atomic E-state index is -0.528. The number of aromatic amines is 1. The average molecular weight is 546 g/mol. The topological polar surface area (TPSA) is 93.2 Å². The number of hydrogen-bond acceptors (Lipinski definition) is 6. The van der Waals surface area contributed by atoms with Crippen LogP contribution >= 0.6 is 11.6 Å². The maximum Gasteiger partial charge on any atom is 0.258 e. The molecule has 1 amide bonds. The summed E-state index contributed by atoms with van der Waals surface area (Å²) in [7, 11) is 4.61. The molecule has 1 atom stereocenters. The summed E-state index contributed by atoms with van der Waals surface area (Å²) in [6.07, 6.45) is 0.519. The molecule has 1 unspecified atom stereocenters. The third-order valence-electron chi connectivity index (χ3n) is 6.89. The normalized spacial score (nSPS) is 14.8. The van der Waals surface area contributed by atoms with Crippen LogP contribution in [0.25, 0.3) is 22.0 Å². The van der Waals surface area contributed by atoms with Gasteiger partial charge in [-0.25, -0.2) is 5.01 Å². The predicted molar refractivity (Wildman–Crippen MR) is 152 cm³/mol. The Morgan fingerprint density at radius 2 is 1.74 bits per heavy atom. The van der Waals surface area contributed by atoms with Crippen LogP contribution in [-0.4, -0.2) is 42.9 Å². The predicted octanol–water partition coefficient (Wildman–Crippen LogP) is 5.96. The molecule has 200 valence electrons. The van der Waals surface area contributed by atoms with E-state index in [1.54, 1.807) is 32.2 Å². The molecule has 2 heterocycles. The lowest BCUT2D eigenvalue weighted by atomic mass is 9.90. The van der Waals surface area contributed by atoms with Crippen molar-refractivity contribution < 1.29 is 19.0 Å². The third kappa shape index (κ3) is 4.61. The number of aromatic nitrogens is 1. The van der Waals surface area contributed by atoms with Crippen molar-refractivity contribution in [3.05, 3.63) is 87.2 Å². The van der Waals surface area contributed by atoms with Crippen LogP contribution in [0.3, 0.4) is 0 Å². The summed E-state index contributed by atoms with van der Waals surface area (Å²) in [4.78, 5) is 29.8. The summed E-state index contributed by atoms with van der Waals surface area (Å²) in [6.45, 7) is 1.78. The maximum atomic E-state index is 13.7. The molecule has 0 fully saturated rings. The highest BCUT2D eigenvalue weighted by Crippen LogP contribution is 2.46. The summed E-state index contributed by atoms with van der Waals surface area (Å²) in [5.74, 6) is 1.17. The molecule has 0 saturated heterocycles. The number of nitrogens with one attached hydrogen (secondary N) is 1. The maximum absolute atomic E-state index is 13.7. The van der Waals surface area contributed by atoms with Gasteiger partial charge in [0.15, 0.2) is 11.5 Å². The van der Waals surface area contributed by atoms with Crippen LogP contribution in [0.2, 0.25) is 5.02 Å². The van der Waals surface area contributed by atoms with E-state index in [2.05, 4.69) is 4.98 Å². The zero-order valence-corrected chi connectivity index (χ0v) is 22.8. The lowest BCUT2D eigenvalue weighted by Gasteiger charge is -2.24. The Morgan fingerprint density at radius 1 is 1.00 bits per heavy atom. The summed E-state index contributed by atoms with van der Waals surface area (Å²) in [5.41, 5.74) is 3.48. The number of hydrazone groups is 1. The second-order valence-corrected chi connectivity index (χ2v) is 9.48. The number of fused-ring (bicyclic) bond motifs is 1. The molecule has 1 aliphatic rings. The van der Waals surface area contributed by atoms with Gasteiger partial charge in [-0.2, -0.15) is 5.10 Å². The quantitative estimate of drug-likeness (QED) is 0.309. The molecular formula is C30H28ClN3O5. The molecule has 1 N–H and O–H groups in total. The zero-order chi connectivity index (χ0) is 27.7. The number of rotatable bonds is 7. The van der Waals surface area contributed by atoms with Crippen molar-refractivity contribution in [3.63, 3.8) is 0 Å². The number of halogens is 1. The van der Waals surface area contributed by atoms with Crippen LogP contribution in [0.4, 0.5) is 0 Å². The van der Waals surface area contributed by atoms with Crippen LogP contribution in [-0.2, 0) is 4.79 Å². The van der Waals surface area contributed by atoms with E-state index in [4.69, 9.17) is 30.9 Å². The van der Waals surface area contributed by atoms with Crippen molar-refractivity contribution in [1.29, 1.82) is 0 Å². The Labute approximate surface area is 230 Å². The zero-order valence-electron chi connectivity index (χ0n) is 22.1. The first-order valence-electron chi connectivity index (χ1n) is 12.5. The van der Waals surface area contributed by atoms with E-state index < -0.39 is 6.04 Å². The van der Waals surface area contributed by atoms with E-state index in [0.29, 0.717) is 50.2 Å². The van der Waals surface area contributed by atoms with Crippen LogP contribution in [0.5, 0.6) is 17.2 Å². The van der Waals surface area contributed by atoms with Crippen LogP contribution in [0, 0.1) is 0 Å². The Bertz CT molecular complexity index is 1650. The number of hydrogen-bond donors (Lipinski definition) is 1. The first-order chi connectivity index (χ1) is 18.9. The first-order valence-corrected chi connectivity index (χ1v) is 12.9. The highest BCUT2D eigenvalue weighted by atomic mass is 35.5. The Morgan fingerprint density at radius 3 is 2.41 bits per heavy atom. The van der Waals surface area contributed by atoms with Gasteiger partial charge in [0.25, 0.3) is 5.56 Å². The van der Waals surface area contributed by atoms with E-state index in [-0.39, 0.29) is 24.3 Å². The number of ether oxygens (including phenoxy) is 3. The monoisotopic (exact) mass is 545 g/mol. The van der Waals surface area contributed by atoms with Crippen molar-refractivity contribution in [2.45, 2.75) is 25.8 Å². The average Bonchev–Trinajstić information content (AvgIpc) is 3.40. The van der Waals surface area contributed by atoms with Gasteiger partial charge in [-0.1, -0.05) is 48.9 Å². The van der Waals surface area contributed by atoms with Crippen molar-refractivity contribution in [2.75, 3.05) is 21.3 Å². The molecular weight excluding hydrogens is 518 g/mol. The number of carbonyl (C=O) groups excluding carboxylic acids is 1. The van der Waals surface area contributed by atoms with E-state index in [1.165, 1.54) is 19.2 Å². The van der Waals surface area contributed by atoms with E-state index >= 15 is 0 Å². The van der Waals surface area contributed by atoms with Crippen LogP contribution < -0.4 is 19.8 Å². The lowest BCUT2D eigenvalue weighted by Crippen LogP contribution is -2.26. The van der Waals surface area contributed by atoms with E-state index in [9.17, 15) is 9.59 Å². The van der Waals surface area contributed by atoms with Gasteiger partial charge in [0.05, 0.1) is 38.6 Å². The Kier molecular flexibility index (Phi) is 7.30. The molecule has 0 saturated carbocycles. The van der Waals surface area contributed by atoms with Gasteiger partial charge < -0.3 is 19.2 Å². The molecule has 3 aromatic carbocycles. The standard InChI is InChI=1S/C30H28ClN3O5/c1-5-25(35)34-23(19-12-14-24(37-2)29(39-4)28(19)38-3)16-22(33-34)27-26(17-9-7-6-8-10-17)20-15-18(31)11-13-21(20)32-30(27)36/h6-15,23H,5,16H2,1-4H3,(H,32,36). The number of H-pyrrole nitrogens is 1. The minimum Gasteiger partial charge on any atom is -0.493 e. The molecule has 4 aromatic rings. The SMILES string of the molecule is CCC(=O)N1N=C(c2c(-c3ccccc3)c3cc(Cl)ccc3[nH]c2=O)CC1c1ccc(OC)c(OC)c1OC. The number of pyridine rings is 1. The van der Waals surface area contributed by atoms with Crippen LogP contribution in [0.1, 0.15) is 36.9 Å². The molecule has 0 bridgehead atoms. The summed E-state index contributed by atoms with van der Waals surface area (Å²) in [5, 5.41) is 7.52. The Balaban J connectivity index is 1.74. The molecule has 9 heteroatoms. The van der Waals surface area contributed by atoms with Gasteiger partial charge in [0.2, 0.25) is 11.7 Å². The molecule has 1 aliphatic heterocycles. The fourth-order valence-electron chi connectivity index (χ4n) is 5.13. The van der Waals surface area contributed by atoms with Gasteiger partial charge in [-0.05, 0) is 35.9 Å². The number of carbonyl (C=O) groups is 1. The lowest BCUT2D eigenvalue weighted by molar-refractivity contribution is -0.132. The van der Waals surface area contributed by atoms with E-state index in [0.717, 1.165) is 10.9 Å². The number of benzene rings is 3. The number of nitrogens with zero attached hydrogens (tertiary/aromatic N) is 2. The van der Waals surface area contributed by atoms with E-state index in [1.807, 2.05) is 42.5 Å². The molecule has 39 heavy (non-hydrogen) atoms. The van der Waals surface area contributed by atoms with Crippen molar-refractivity contribution in [1.82, 2.24) is 9.99 Å². The fraction of sp³-hybridized carbons (Fsp3) is 0.233. The summed E-state index contributed by atoms with van der Waals surface area (Å²) < 4.78 is 16.8. The second-order valence-electron chi connectivity index (χ2n) is 9.04. The summed E-state index contributed by atoms with van der Waals surface area (Å²) in [6, 6.07) is 18.1. The molecule has 1 aromatic heterocycles. The molecule has 0 radical (unpaired) electrons. The highest BCUT2D eigenvalue weighted by Gasteiger charge is 2.37. The number of methoxy groups -OCH3 is 3. The fourth-order valence-corrected chi connectivity index (χ4v) is 5.30. The highest BCUT2D eigenvalue weighted by molar-refractivity contribution is 6.31. The largest absolute Gasteiger partial charge is 0.493 e. The van der Waals surface area contributed by atoms with Crippen molar-refractivity contribution in [3.8, 4) is 28.4 Å². The summed E-state index contributed by atoms with van der Waals surface area (Å²) >= 11 is 6.39. The third-order valence-corrected chi connectivity index (χ3v) is 7.12. The molecule has 0 aliphatic carbocycles. The van der Waals surface area contributed by atoms with Gasteiger partial charge in [-0.3, -0.25) is 9.59 Å². The number of amides is 1.